The minimum atomic E-state index is 0.670. The molecule has 2 aromatic heterocycles. The Morgan fingerprint density at radius 3 is 2.86 bits per heavy atom. The van der Waals surface area contributed by atoms with E-state index in [2.05, 4.69) is 10.5 Å². The monoisotopic (exact) mass is 192 g/mol. The van der Waals surface area contributed by atoms with Crippen molar-refractivity contribution in [3.8, 4) is 11.5 Å². The summed E-state index contributed by atoms with van der Waals surface area (Å²) < 4.78 is 10.5. The Labute approximate surface area is 81.9 Å². The lowest BCUT2D eigenvalue weighted by Gasteiger charge is -1.87. The lowest BCUT2D eigenvalue weighted by Crippen LogP contribution is -2.04. The highest BCUT2D eigenvalue weighted by Gasteiger charge is 2.09. The van der Waals surface area contributed by atoms with Gasteiger partial charge in [0, 0.05) is 12.6 Å². The van der Waals surface area contributed by atoms with Crippen molar-refractivity contribution in [3.63, 3.8) is 0 Å². The molecule has 0 spiro atoms. The molecule has 74 valence electrons. The molecule has 0 aliphatic rings. The molecule has 2 aromatic rings. The zero-order valence-electron chi connectivity index (χ0n) is 8.20. The lowest BCUT2D eigenvalue weighted by molar-refractivity contribution is 0.407. The maximum atomic E-state index is 5.41. The van der Waals surface area contributed by atoms with Crippen molar-refractivity contribution >= 4 is 0 Å². The molecule has 0 saturated heterocycles. The number of aromatic nitrogens is 1. The van der Waals surface area contributed by atoms with Crippen LogP contribution < -0.4 is 5.32 Å². The first-order chi connectivity index (χ1) is 6.79. The van der Waals surface area contributed by atoms with Crippen molar-refractivity contribution in [2.75, 3.05) is 7.05 Å². The Morgan fingerprint density at radius 2 is 2.21 bits per heavy atom. The average Bonchev–Trinajstić information content (AvgIpc) is 2.74. The molecule has 0 amide bonds. The number of nitrogens with zero attached hydrogens (tertiary/aromatic N) is 1. The van der Waals surface area contributed by atoms with Gasteiger partial charge in [0.25, 0.3) is 0 Å². The summed E-state index contributed by atoms with van der Waals surface area (Å²) >= 11 is 0. The van der Waals surface area contributed by atoms with Gasteiger partial charge < -0.3 is 14.3 Å². The van der Waals surface area contributed by atoms with Gasteiger partial charge >= 0.3 is 0 Å². The summed E-state index contributed by atoms with van der Waals surface area (Å²) in [7, 11) is 1.87. The number of hydrogen-bond donors (Lipinski definition) is 1. The van der Waals surface area contributed by atoms with Gasteiger partial charge in [-0.2, -0.15) is 0 Å². The SMILES string of the molecule is CNCc1cc(-c2ccc(C)o2)on1. The first-order valence-corrected chi connectivity index (χ1v) is 4.46. The molecule has 0 aliphatic carbocycles. The normalized spacial score (nSPS) is 10.7. The van der Waals surface area contributed by atoms with Crippen LogP contribution in [0.1, 0.15) is 11.5 Å². The third-order valence-corrected chi connectivity index (χ3v) is 1.90. The summed E-state index contributed by atoms with van der Waals surface area (Å²) in [4.78, 5) is 0. The molecular weight excluding hydrogens is 180 g/mol. The Morgan fingerprint density at radius 1 is 1.36 bits per heavy atom. The van der Waals surface area contributed by atoms with Crippen molar-refractivity contribution < 1.29 is 8.94 Å². The molecule has 4 heteroatoms. The maximum Gasteiger partial charge on any atom is 0.202 e. The molecule has 0 radical (unpaired) electrons. The summed E-state index contributed by atoms with van der Waals surface area (Å²) in [5, 5.41) is 6.89. The molecular formula is C10H12N2O2. The molecule has 0 bridgehead atoms. The minimum Gasteiger partial charge on any atom is -0.458 e. The molecule has 0 saturated carbocycles. The van der Waals surface area contributed by atoms with Crippen LogP contribution in [0.25, 0.3) is 11.5 Å². The van der Waals surface area contributed by atoms with Gasteiger partial charge in [-0.15, -0.1) is 0 Å². The van der Waals surface area contributed by atoms with Gasteiger partial charge in [0.15, 0.2) is 5.76 Å². The third-order valence-electron chi connectivity index (χ3n) is 1.90. The molecule has 0 atom stereocenters. The first-order valence-electron chi connectivity index (χ1n) is 4.46. The fourth-order valence-electron chi connectivity index (χ4n) is 1.26. The van der Waals surface area contributed by atoms with Crippen LogP contribution in [0.2, 0.25) is 0 Å². The van der Waals surface area contributed by atoms with E-state index in [4.69, 9.17) is 8.94 Å². The van der Waals surface area contributed by atoms with Gasteiger partial charge in [-0.25, -0.2) is 0 Å². The van der Waals surface area contributed by atoms with E-state index in [0.717, 1.165) is 17.2 Å². The number of aryl methyl sites for hydroxylation is 1. The molecule has 4 nitrogen and oxygen atoms in total. The maximum absolute atomic E-state index is 5.41. The average molecular weight is 192 g/mol. The van der Waals surface area contributed by atoms with Crippen LogP contribution in [0.4, 0.5) is 0 Å². The number of nitrogens with one attached hydrogen (secondary N) is 1. The summed E-state index contributed by atoms with van der Waals surface area (Å²) in [6.07, 6.45) is 0. The summed E-state index contributed by atoms with van der Waals surface area (Å²) in [5.74, 6) is 2.26. The fraction of sp³-hybridized carbons (Fsp3) is 0.300. The molecule has 2 heterocycles. The van der Waals surface area contributed by atoms with Gasteiger partial charge in [0.05, 0.1) is 5.69 Å². The van der Waals surface area contributed by atoms with Crippen molar-refractivity contribution in [1.29, 1.82) is 0 Å². The van der Waals surface area contributed by atoms with E-state index in [1.807, 2.05) is 32.2 Å². The number of hydrogen-bond acceptors (Lipinski definition) is 4. The number of rotatable bonds is 3. The van der Waals surface area contributed by atoms with E-state index >= 15 is 0 Å². The highest BCUT2D eigenvalue weighted by molar-refractivity contribution is 5.50. The Kier molecular flexibility index (Phi) is 2.37. The zero-order chi connectivity index (χ0) is 9.97. The topological polar surface area (TPSA) is 51.2 Å². The Hall–Kier alpha value is -1.55. The Bertz CT molecular complexity index is 417. The van der Waals surface area contributed by atoms with Gasteiger partial charge in [-0.3, -0.25) is 0 Å². The van der Waals surface area contributed by atoms with E-state index in [-0.39, 0.29) is 0 Å². The summed E-state index contributed by atoms with van der Waals surface area (Å²) in [5.41, 5.74) is 0.872. The van der Waals surface area contributed by atoms with E-state index in [9.17, 15) is 0 Å². The minimum absolute atomic E-state index is 0.670. The van der Waals surface area contributed by atoms with Crippen LogP contribution in [-0.4, -0.2) is 12.2 Å². The molecule has 1 N–H and O–H groups in total. The predicted octanol–water partition coefficient (Wildman–Crippen LogP) is 1.96. The van der Waals surface area contributed by atoms with Crippen molar-refractivity contribution in [2.24, 2.45) is 0 Å². The van der Waals surface area contributed by atoms with Gasteiger partial charge in [-0.1, -0.05) is 5.16 Å². The highest BCUT2D eigenvalue weighted by Crippen LogP contribution is 2.22. The Balaban J connectivity index is 2.24. The predicted molar refractivity (Wildman–Crippen MR) is 51.7 cm³/mol. The van der Waals surface area contributed by atoms with Gasteiger partial charge in [-0.05, 0) is 26.1 Å². The molecule has 0 aliphatic heterocycles. The van der Waals surface area contributed by atoms with Crippen LogP contribution in [0.3, 0.4) is 0 Å². The van der Waals surface area contributed by atoms with Crippen molar-refractivity contribution in [3.05, 3.63) is 29.7 Å². The van der Waals surface area contributed by atoms with Crippen molar-refractivity contribution in [1.82, 2.24) is 10.5 Å². The summed E-state index contributed by atoms with van der Waals surface area (Å²) in [6.45, 7) is 2.59. The second kappa shape index (κ2) is 3.67. The second-order valence-electron chi connectivity index (χ2n) is 3.12. The quantitative estimate of drug-likeness (QED) is 0.807. The van der Waals surface area contributed by atoms with E-state index in [0.29, 0.717) is 12.3 Å². The van der Waals surface area contributed by atoms with Gasteiger partial charge in [0.2, 0.25) is 5.76 Å². The van der Waals surface area contributed by atoms with Crippen molar-refractivity contribution in [2.45, 2.75) is 13.5 Å². The van der Waals surface area contributed by atoms with Crippen LogP contribution in [0.15, 0.2) is 27.1 Å². The van der Waals surface area contributed by atoms with Crippen LogP contribution in [0, 0.1) is 6.92 Å². The van der Waals surface area contributed by atoms with Crippen LogP contribution in [0.5, 0.6) is 0 Å². The highest BCUT2D eigenvalue weighted by atomic mass is 16.5. The zero-order valence-corrected chi connectivity index (χ0v) is 8.20. The number of furan rings is 1. The van der Waals surface area contributed by atoms with Crippen LogP contribution in [-0.2, 0) is 6.54 Å². The van der Waals surface area contributed by atoms with E-state index < -0.39 is 0 Å². The van der Waals surface area contributed by atoms with E-state index in [1.54, 1.807) is 0 Å². The van der Waals surface area contributed by atoms with Crippen LogP contribution >= 0.6 is 0 Å². The third kappa shape index (κ3) is 1.70. The molecule has 0 unspecified atom stereocenters. The molecule has 2 rings (SSSR count). The lowest BCUT2D eigenvalue weighted by atomic mass is 10.3. The summed E-state index contributed by atoms with van der Waals surface area (Å²) in [6, 6.07) is 5.64. The van der Waals surface area contributed by atoms with E-state index in [1.165, 1.54) is 0 Å². The first kappa shape index (κ1) is 9.02. The van der Waals surface area contributed by atoms with Gasteiger partial charge in [0.1, 0.15) is 5.76 Å². The molecule has 14 heavy (non-hydrogen) atoms. The molecule has 0 fully saturated rings. The smallest absolute Gasteiger partial charge is 0.202 e. The second-order valence-corrected chi connectivity index (χ2v) is 3.12. The fourth-order valence-corrected chi connectivity index (χ4v) is 1.26. The standard InChI is InChI=1S/C10H12N2O2/c1-7-3-4-9(13-7)10-5-8(6-11-2)12-14-10/h3-5,11H,6H2,1-2H3. The largest absolute Gasteiger partial charge is 0.458 e. The molecule has 0 aromatic carbocycles.